The third-order valence-electron chi connectivity index (χ3n) is 3.30. The molecule has 128 valence electrons. The van der Waals surface area contributed by atoms with Gasteiger partial charge in [0.1, 0.15) is 6.61 Å². The van der Waals surface area contributed by atoms with E-state index in [0.717, 1.165) is 0 Å². The lowest BCUT2D eigenvalue weighted by Gasteiger charge is -2.20. The standard InChI is InChI=1S/C17H24O6/c1-5-17(3,4)16(19)21-11-10-20-12-22-14-8-6-7-9-15(14)23-13(2)18/h6-9H,5,10-12H2,1-4H3. The summed E-state index contributed by atoms with van der Waals surface area (Å²) >= 11 is 0. The molecule has 0 amide bonds. The number of esters is 2. The van der Waals surface area contributed by atoms with Crippen LogP contribution in [0.15, 0.2) is 24.3 Å². The molecule has 0 fully saturated rings. The summed E-state index contributed by atoms with van der Waals surface area (Å²) in [7, 11) is 0. The van der Waals surface area contributed by atoms with Gasteiger partial charge in [0.2, 0.25) is 0 Å². The van der Waals surface area contributed by atoms with Gasteiger partial charge in [-0.3, -0.25) is 9.59 Å². The molecule has 1 aromatic rings. The molecular weight excluding hydrogens is 300 g/mol. The van der Waals surface area contributed by atoms with Crippen molar-refractivity contribution in [2.75, 3.05) is 20.0 Å². The minimum atomic E-state index is -0.487. The zero-order chi connectivity index (χ0) is 17.3. The Balaban J connectivity index is 2.28. The maximum atomic E-state index is 11.7. The molecule has 0 aliphatic rings. The summed E-state index contributed by atoms with van der Waals surface area (Å²) in [5.74, 6) is 0.0728. The number of para-hydroxylation sites is 2. The number of benzene rings is 1. The molecule has 0 bridgehead atoms. The summed E-state index contributed by atoms with van der Waals surface area (Å²) in [6.45, 7) is 7.29. The molecule has 23 heavy (non-hydrogen) atoms. The minimum Gasteiger partial charge on any atom is -0.464 e. The molecule has 0 heterocycles. The molecular formula is C17H24O6. The quantitative estimate of drug-likeness (QED) is 0.301. The van der Waals surface area contributed by atoms with E-state index < -0.39 is 11.4 Å². The summed E-state index contributed by atoms with van der Waals surface area (Å²) < 4.78 is 20.8. The Kier molecular flexibility index (Phi) is 7.54. The molecule has 0 aliphatic carbocycles. The highest BCUT2D eigenvalue weighted by molar-refractivity contribution is 5.75. The van der Waals surface area contributed by atoms with Gasteiger partial charge in [-0.05, 0) is 32.4 Å². The van der Waals surface area contributed by atoms with Gasteiger partial charge in [-0.25, -0.2) is 0 Å². The van der Waals surface area contributed by atoms with Crippen LogP contribution in [0.4, 0.5) is 0 Å². The van der Waals surface area contributed by atoms with Crippen LogP contribution in [0.1, 0.15) is 34.1 Å². The second kappa shape index (κ2) is 9.15. The highest BCUT2D eigenvalue weighted by atomic mass is 16.7. The van der Waals surface area contributed by atoms with Gasteiger partial charge in [0.25, 0.3) is 0 Å². The average Bonchev–Trinajstić information content (AvgIpc) is 2.51. The number of rotatable bonds is 9. The molecule has 6 nitrogen and oxygen atoms in total. The molecule has 0 radical (unpaired) electrons. The fraction of sp³-hybridized carbons (Fsp3) is 0.529. The molecule has 0 saturated carbocycles. The van der Waals surface area contributed by atoms with E-state index in [0.29, 0.717) is 17.9 Å². The molecule has 0 N–H and O–H groups in total. The normalized spacial score (nSPS) is 11.0. The monoisotopic (exact) mass is 324 g/mol. The lowest BCUT2D eigenvalue weighted by Crippen LogP contribution is -2.27. The summed E-state index contributed by atoms with van der Waals surface area (Å²) in [5.41, 5.74) is -0.487. The molecule has 0 aliphatic heterocycles. The van der Waals surface area contributed by atoms with E-state index in [2.05, 4.69) is 0 Å². The van der Waals surface area contributed by atoms with Crippen LogP contribution < -0.4 is 9.47 Å². The van der Waals surface area contributed by atoms with Crippen molar-refractivity contribution in [1.82, 2.24) is 0 Å². The van der Waals surface area contributed by atoms with Gasteiger partial charge in [0.05, 0.1) is 12.0 Å². The van der Waals surface area contributed by atoms with Crippen molar-refractivity contribution in [3.8, 4) is 11.5 Å². The maximum absolute atomic E-state index is 11.7. The second-order valence-corrected chi connectivity index (χ2v) is 5.58. The molecule has 1 aromatic carbocycles. The van der Waals surface area contributed by atoms with E-state index in [1.165, 1.54) is 6.92 Å². The molecule has 0 unspecified atom stereocenters. The summed E-state index contributed by atoms with van der Waals surface area (Å²) in [6, 6.07) is 6.80. The largest absolute Gasteiger partial charge is 0.464 e. The number of ether oxygens (including phenoxy) is 4. The van der Waals surface area contributed by atoms with Crippen molar-refractivity contribution in [2.24, 2.45) is 5.41 Å². The van der Waals surface area contributed by atoms with Crippen molar-refractivity contribution in [3.63, 3.8) is 0 Å². The van der Waals surface area contributed by atoms with Crippen molar-refractivity contribution >= 4 is 11.9 Å². The van der Waals surface area contributed by atoms with Gasteiger partial charge >= 0.3 is 11.9 Å². The first-order valence-electron chi connectivity index (χ1n) is 7.52. The smallest absolute Gasteiger partial charge is 0.311 e. The molecule has 1 rings (SSSR count). The highest BCUT2D eigenvalue weighted by Gasteiger charge is 2.26. The first-order chi connectivity index (χ1) is 10.9. The number of carbonyl (C=O) groups is 2. The predicted octanol–water partition coefficient (Wildman–Crippen LogP) is 2.94. The summed E-state index contributed by atoms with van der Waals surface area (Å²) in [6.07, 6.45) is 0.711. The Labute approximate surface area is 136 Å². The summed E-state index contributed by atoms with van der Waals surface area (Å²) in [4.78, 5) is 22.7. The lowest BCUT2D eigenvalue weighted by molar-refractivity contribution is -0.156. The average molecular weight is 324 g/mol. The van der Waals surface area contributed by atoms with Crippen LogP contribution in [0.5, 0.6) is 11.5 Å². The van der Waals surface area contributed by atoms with Crippen LogP contribution in [0.3, 0.4) is 0 Å². The van der Waals surface area contributed by atoms with E-state index in [9.17, 15) is 9.59 Å². The molecule has 0 spiro atoms. The van der Waals surface area contributed by atoms with Crippen molar-refractivity contribution in [1.29, 1.82) is 0 Å². The highest BCUT2D eigenvalue weighted by Crippen LogP contribution is 2.26. The second-order valence-electron chi connectivity index (χ2n) is 5.58. The Hall–Kier alpha value is -2.08. The number of carbonyl (C=O) groups excluding carboxylic acids is 2. The minimum absolute atomic E-state index is 0.0347. The van der Waals surface area contributed by atoms with Crippen LogP contribution in [-0.4, -0.2) is 31.9 Å². The van der Waals surface area contributed by atoms with E-state index in [1.807, 2.05) is 20.8 Å². The third kappa shape index (κ3) is 6.69. The van der Waals surface area contributed by atoms with Crippen LogP contribution in [0.2, 0.25) is 0 Å². The third-order valence-corrected chi connectivity index (χ3v) is 3.30. The van der Waals surface area contributed by atoms with E-state index in [-0.39, 0.29) is 26.0 Å². The maximum Gasteiger partial charge on any atom is 0.311 e. The predicted molar refractivity (Wildman–Crippen MR) is 84.2 cm³/mol. The van der Waals surface area contributed by atoms with E-state index in [4.69, 9.17) is 18.9 Å². The van der Waals surface area contributed by atoms with Crippen LogP contribution in [0.25, 0.3) is 0 Å². The Bertz CT molecular complexity index is 524. The van der Waals surface area contributed by atoms with Gasteiger partial charge in [-0.1, -0.05) is 19.1 Å². The van der Waals surface area contributed by atoms with Gasteiger partial charge in [0, 0.05) is 6.92 Å². The Morgan fingerprint density at radius 1 is 1.09 bits per heavy atom. The van der Waals surface area contributed by atoms with Gasteiger partial charge in [-0.2, -0.15) is 0 Å². The molecule has 6 heteroatoms. The molecule has 0 aromatic heterocycles. The Morgan fingerprint density at radius 2 is 1.74 bits per heavy atom. The van der Waals surface area contributed by atoms with Crippen LogP contribution >= 0.6 is 0 Å². The number of hydrogen-bond acceptors (Lipinski definition) is 6. The first kappa shape index (κ1) is 19.0. The van der Waals surface area contributed by atoms with Crippen LogP contribution in [-0.2, 0) is 19.1 Å². The zero-order valence-electron chi connectivity index (χ0n) is 14.1. The number of hydrogen-bond donors (Lipinski definition) is 0. The molecule has 0 saturated heterocycles. The van der Waals surface area contributed by atoms with Crippen LogP contribution in [0, 0.1) is 5.41 Å². The van der Waals surface area contributed by atoms with Crippen molar-refractivity contribution < 1.29 is 28.5 Å². The van der Waals surface area contributed by atoms with E-state index >= 15 is 0 Å². The lowest BCUT2D eigenvalue weighted by atomic mass is 9.91. The Morgan fingerprint density at radius 3 is 2.35 bits per heavy atom. The summed E-state index contributed by atoms with van der Waals surface area (Å²) in [5, 5.41) is 0. The van der Waals surface area contributed by atoms with Gasteiger partial charge < -0.3 is 18.9 Å². The zero-order valence-corrected chi connectivity index (χ0v) is 14.1. The topological polar surface area (TPSA) is 71.1 Å². The fourth-order valence-electron chi connectivity index (χ4n) is 1.51. The van der Waals surface area contributed by atoms with Gasteiger partial charge in [0.15, 0.2) is 18.3 Å². The fourth-order valence-corrected chi connectivity index (χ4v) is 1.51. The van der Waals surface area contributed by atoms with Crippen molar-refractivity contribution in [2.45, 2.75) is 34.1 Å². The first-order valence-corrected chi connectivity index (χ1v) is 7.52. The molecule has 0 atom stereocenters. The SMILES string of the molecule is CCC(C)(C)C(=O)OCCOCOc1ccccc1OC(C)=O. The van der Waals surface area contributed by atoms with E-state index in [1.54, 1.807) is 24.3 Å². The van der Waals surface area contributed by atoms with Crippen molar-refractivity contribution in [3.05, 3.63) is 24.3 Å². The van der Waals surface area contributed by atoms with Gasteiger partial charge in [-0.15, -0.1) is 0 Å².